The van der Waals surface area contributed by atoms with Crippen molar-refractivity contribution >= 4 is 44.6 Å². The molecular weight excluding hydrogens is 416 g/mol. The molecule has 2 heterocycles. The molecule has 0 aliphatic heterocycles. The Kier molecular flexibility index (Phi) is 5.33. The number of aromatic nitrogens is 3. The molecule has 0 spiro atoms. The van der Waals surface area contributed by atoms with Crippen LogP contribution in [0.1, 0.15) is 51.3 Å². The van der Waals surface area contributed by atoms with Crippen LogP contribution in [0.4, 0.5) is 5.69 Å². The minimum atomic E-state index is -0.265. The molecule has 6 nitrogen and oxygen atoms in total. The standard InChI is InChI=1S/C18H17BrN4O2S/c1-10(2)15-13(22-18(19)26-15)17(25)21-12-6-4-11(5-7-12)14(24)16-20-8-9-23(16)3/h4-10H,1-3H3,(H,21,25). The Balaban J connectivity index is 1.77. The van der Waals surface area contributed by atoms with Gasteiger partial charge in [0.05, 0.1) is 0 Å². The number of aryl methyl sites for hydroxylation is 1. The van der Waals surface area contributed by atoms with E-state index in [0.29, 0.717) is 26.7 Å². The van der Waals surface area contributed by atoms with Gasteiger partial charge in [-0.25, -0.2) is 9.97 Å². The number of imidazole rings is 1. The number of nitrogens with one attached hydrogen (secondary N) is 1. The highest BCUT2D eigenvalue weighted by Crippen LogP contribution is 2.30. The zero-order chi connectivity index (χ0) is 18.8. The molecule has 2 aromatic heterocycles. The molecule has 3 aromatic rings. The molecule has 1 amide bonds. The van der Waals surface area contributed by atoms with Crippen molar-refractivity contribution < 1.29 is 9.59 Å². The van der Waals surface area contributed by atoms with Crippen molar-refractivity contribution in [1.29, 1.82) is 0 Å². The summed E-state index contributed by atoms with van der Waals surface area (Å²) < 4.78 is 2.35. The van der Waals surface area contributed by atoms with Gasteiger partial charge in [0.15, 0.2) is 9.74 Å². The summed E-state index contributed by atoms with van der Waals surface area (Å²) in [6.07, 6.45) is 3.31. The van der Waals surface area contributed by atoms with Crippen molar-refractivity contribution in [3.8, 4) is 0 Å². The lowest BCUT2D eigenvalue weighted by Crippen LogP contribution is -2.15. The number of thiazole rings is 1. The zero-order valence-corrected chi connectivity index (χ0v) is 16.9. The summed E-state index contributed by atoms with van der Waals surface area (Å²) in [6, 6.07) is 6.75. The van der Waals surface area contributed by atoms with Crippen molar-refractivity contribution in [2.75, 3.05) is 5.32 Å². The summed E-state index contributed by atoms with van der Waals surface area (Å²) in [5.41, 5.74) is 1.53. The van der Waals surface area contributed by atoms with E-state index in [2.05, 4.69) is 31.2 Å². The molecule has 0 fully saturated rings. The molecule has 0 aliphatic carbocycles. The molecule has 26 heavy (non-hydrogen) atoms. The van der Waals surface area contributed by atoms with E-state index in [0.717, 1.165) is 4.88 Å². The first-order chi connectivity index (χ1) is 12.4. The zero-order valence-electron chi connectivity index (χ0n) is 14.5. The average molecular weight is 433 g/mol. The third-order valence-corrected chi connectivity index (χ3v) is 5.60. The van der Waals surface area contributed by atoms with Crippen LogP contribution in [0, 0.1) is 0 Å². The molecule has 134 valence electrons. The van der Waals surface area contributed by atoms with Gasteiger partial charge in [-0.3, -0.25) is 9.59 Å². The minimum Gasteiger partial charge on any atom is -0.331 e. The maximum atomic E-state index is 12.5. The van der Waals surface area contributed by atoms with Crippen LogP contribution in [-0.4, -0.2) is 26.2 Å². The molecule has 0 saturated heterocycles. The Bertz CT molecular complexity index is 960. The van der Waals surface area contributed by atoms with Crippen molar-refractivity contribution in [3.63, 3.8) is 0 Å². The molecule has 0 unspecified atom stereocenters. The Morgan fingerprint density at radius 2 is 1.92 bits per heavy atom. The Hall–Kier alpha value is -2.32. The number of rotatable bonds is 5. The van der Waals surface area contributed by atoms with E-state index in [-0.39, 0.29) is 17.6 Å². The Morgan fingerprint density at radius 1 is 1.23 bits per heavy atom. The fraction of sp³-hybridized carbons (Fsp3) is 0.222. The highest BCUT2D eigenvalue weighted by atomic mass is 79.9. The van der Waals surface area contributed by atoms with Gasteiger partial charge >= 0.3 is 0 Å². The molecule has 8 heteroatoms. The van der Waals surface area contributed by atoms with Gasteiger partial charge in [0, 0.05) is 35.6 Å². The molecule has 1 aromatic carbocycles. The molecule has 0 aliphatic rings. The second-order valence-corrected chi connectivity index (χ2v) is 8.36. The predicted octanol–water partition coefficient (Wildman–Crippen LogP) is 4.25. The average Bonchev–Trinajstić information content (AvgIpc) is 3.20. The number of anilines is 1. The van der Waals surface area contributed by atoms with E-state index in [9.17, 15) is 9.59 Å². The number of halogens is 1. The third kappa shape index (κ3) is 3.76. The van der Waals surface area contributed by atoms with Crippen LogP contribution in [-0.2, 0) is 7.05 Å². The lowest BCUT2D eigenvalue weighted by Gasteiger charge is -2.08. The van der Waals surface area contributed by atoms with E-state index in [1.165, 1.54) is 11.3 Å². The second-order valence-electron chi connectivity index (χ2n) is 6.06. The molecule has 3 rings (SSSR count). The van der Waals surface area contributed by atoms with E-state index in [1.54, 1.807) is 48.3 Å². The number of benzene rings is 1. The summed E-state index contributed by atoms with van der Waals surface area (Å²) >= 11 is 4.80. The number of carbonyl (C=O) groups excluding carboxylic acids is 2. The maximum absolute atomic E-state index is 12.5. The van der Waals surface area contributed by atoms with E-state index < -0.39 is 0 Å². The summed E-state index contributed by atoms with van der Waals surface area (Å²) in [5.74, 6) is 0.146. The Labute approximate surface area is 163 Å². The largest absolute Gasteiger partial charge is 0.331 e. The second kappa shape index (κ2) is 7.51. The first-order valence-electron chi connectivity index (χ1n) is 7.96. The monoisotopic (exact) mass is 432 g/mol. The van der Waals surface area contributed by atoms with Crippen LogP contribution < -0.4 is 5.32 Å². The molecule has 0 radical (unpaired) electrons. The van der Waals surface area contributed by atoms with E-state index in [4.69, 9.17) is 0 Å². The highest BCUT2D eigenvalue weighted by molar-refractivity contribution is 9.11. The maximum Gasteiger partial charge on any atom is 0.275 e. The first kappa shape index (κ1) is 18.5. The SMILES string of the molecule is CC(C)c1sc(Br)nc1C(=O)Nc1ccc(C(=O)c2nccn2C)cc1. The smallest absolute Gasteiger partial charge is 0.275 e. The van der Waals surface area contributed by atoms with Gasteiger partial charge in [-0.2, -0.15) is 0 Å². The van der Waals surface area contributed by atoms with E-state index >= 15 is 0 Å². The molecule has 0 atom stereocenters. The summed E-state index contributed by atoms with van der Waals surface area (Å²) in [5, 5.41) is 2.83. The predicted molar refractivity (Wildman–Crippen MR) is 105 cm³/mol. The first-order valence-corrected chi connectivity index (χ1v) is 9.57. The quantitative estimate of drug-likeness (QED) is 0.611. The van der Waals surface area contributed by atoms with Gasteiger partial charge in [-0.15, -0.1) is 11.3 Å². The third-order valence-electron chi connectivity index (χ3n) is 3.80. The molecule has 0 saturated carbocycles. The van der Waals surface area contributed by atoms with Crippen LogP contribution >= 0.6 is 27.3 Å². The number of hydrogen-bond donors (Lipinski definition) is 1. The van der Waals surface area contributed by atoms with Gasteiger partial charge < -0.3 is 9.88 Å². The highest BCUT2D eigenvalue weighted by Gasteiger charge is 2.20. The molecule has 1 N–H and O–H groups in total. The van der Waals surface area contributed by atoms with Gasteiger partial charge in [-0.05, 0) is 46.1 Å². The number of hydrogen-bond acceptors (Lipinski definition) is 5. The van der Waals surface area contributed by atoms with Gasteiger partial charge in [-0.1, -0.05) is 13.8 Å². The fourth-order valence-electron chi connectivity index (χ4n) is 2.47. The summed E-state index contributed by atoms with van der Waals surface area (Å²) in [7, 11) is 1.77. The summed E-state index contributed by atoms with van der Waals surface area (Å²) in [6.45, 7) is 4.05. The van der Waals surface area contributed by atoms with E-state index in [1.807, 2.05) is 13.8 Å². The van der Waals surface area contributed by atoms with Crippen LogP contribution in [0.3, 0.4) is 0 Å². The number of amides is 1. The normalized spacial score (nSPS) is 11.0. The molecular formula is C18H17BrN4O2S. The van der Waals surface area contributed by atoms with Crippen LogP contribution in [0.15, 0.2) is 40.6 Å². The number of ketones is 1. The molecule has 0 bridgehead atoms. The van der Waals surface area contributed by atoms with Crippen LogP contribution in [0.5, 0.6) is 0 Å². The lowest BCUT2D eigenvalue weighted by molar-refractivity contribution is 0.101. The van der Waals surface area contributed by atoms with Gasteiger partial charge in [0.1, 0.15) is 5.69 Å². The Morgan fingerprint density at radius 3 is 2.50 bits per heavy atom. The summed E-state index contributed by atoms with van der Waals surface area (Å²) in [4.78, 5) is 34.2. The lowest BCUT2D eigenvalue weighted by atomic mass is 10.1. The fourth-order valence-corrected chi connectivity index (χ4v) is 3.96. The van der Waals surface area contributed by atoms with Crippen molar-refractivity contribution in [3.05, 3.63) is 62.5 Å². The topological polar surface area (TPSA) is 76.9 Å². The minimum absolute atomic E-state index is 0.166. The van der Waals surface area contributed by atoms with Crippen molar-refractivity contribution in [1.82, 2.24) is 14.5 Å². The van der Waals surface area contributed by atoms with Crippen LogP contribution in [0.2, 0.25) is 0 Å². The number of carbonyl (C=O) groups is 2. The van der Waals surface area contributed by atoms with Crippen molar-refractivity contribution in [2.24, 2.45) is 7.05 Å². The van der Waals surface area contributed by atoms with Crippen molar-refractivity contribution in [2.45, 2.75) is 19.8 Å². The number of nitrogens with zero attached hydrogens (tertiary/aromatic N) is 3. The van der Waals surface area contributed by atoms with Gasteiger partial charge in [0.25, 0.3) is 5.91 Å². The van der Waals surface area contributed by atoms with Crippen LogP contribution in [0.25, 0.3) is 0 Å². The van der Waals surface area contributed by atoms with Gasteiger partial charge in [0.2, 0.25) is 5.78 Å².